The van der Waals surface area contributed by atoms with E-state index in [1.165, 1.54) is 12.5 Å². The second kappa shape index (κ2) is 11.4. The first kappa shape index (κ1) is 23.6. The van der Waals surface area contributed by atoms with Gasteiger partial charge in [-0.25, -0.2) is 0 Å². The molecule has 1 aliphatic heterocycles. The lowest BCUT2D eigenvalue weighted by atomic mass is 9.88. The minimum absolute atomic E-state index is 0.0778. The number of allylic oxidation sites excluding steroid dienone is 1. The van der Waals surface area contributed by atoms with Crippen molar-refractivity contribution in [3.05, 3.63) is 23.8 Å². The first-order valence-corrected chi connectivity index (χ1v) is 10.3. The van der Waals surface area contributed by atoms with E-state index in [0.29, 0.717) is 31.3 Å². The van der Waals surface area contributed by atoms with Crippen molar-refractivity contribution in [2.45, 2.75) is 85.2 Å². The number of rotatable bonds is 10. The molecule has 0 N–H and O–H groups in total. The third-order valence-electron chi connectivity index (χ3n) is 5.58. The van der Waals surface area contributed by atoms with Gasteiger partial charge in [-0.15, -0.1) is 0 Å². The van der Waals surface area contributed by atoms with Gasteiger partial charge >= 0.3 is 5.97 Å². The Balaban J connectivity index is 2.40. The summed E-state index contributed by atoms with van der Waals surface area (Å²) in [6.45, 7) is 14.7. The summed E-state index contributed by atoms with van der Waals surface area (Å²) in [5.41, 5.74) is 2.09. The van der Waals surface area contributed by atoms with E-state index in [2.05, 4.69) is 27.4 Å². The van der Waals surface area contributed by atoms with Gasteiger partial charge in [0.2, 0.25) is 0 Å². The van der Waals surface area contributed by atoms with Gasteiger partial charge in [0.05, 0.1) is 12.2 Å². The van der Waals surface area contributed by atoms with Crippen LogP contribution in [0, 0.1) is 11.8 Å². The van der Waals surface area contributed by atoms with Crippen LogP contribution in [0.3, 0.4) is 0 Å². The van der Waals surface area contributed by atoms with Gasteiger partial charge in [-0.05, 0) is 63.0 Å². The van der Waals surface area contributed by atoms with Gasteiger partial charge in [0.1, 0.15) is 12.4 Å². The fourth-order valence-electron chi connectivity index (χ4n) is 3.28. The normalized spacial score (nSPS) is 23.1. The number of ketones is 1. The predicted octanol–water partition coefficient (Wildman–Crippen LogP) is 5.41. The van der Waals surface area contributed by atoms with E-state index in [9.17, 15) is 9.59 Å². The molecule has 1 rings (SSSR count). The summed E-state index contributed by atoms with van der Waals surface area (Å²) in [7, 11) is 0. The first-order chi connectivity index (χ1) is 12.6. The van der Waals surface area contributed by atoms with Crippen LogP contribution in [0.15, 0.2) is 23.8 Å². The Kier molecular flexibility index (Phi) is 10.00. The molecule has 4 heteroatoms. The Labute approximate surface area is 165 Å². The summed E-state index contributed by atoms with van der Waals surface area (Å²) in [5.74, 6) is 0.486. The van der Waals surface area contributed by atoms with Crippen molar-refractivity contribution >= 4 is 11.8 Å². The Bertz CT molecular complexity index is 547. The van der Waals surface area contributed by atoms with Gasteiger partial charge in [-0.3, -0.25) is 9.59 Å². The molecular weight excluding hydrogens is 340 g/mol. The zero-order valence-electron chi connectivity index (χ0n) is 17.9. The Morgan fingerprint density at radius 3 is 2.67 bits per heavy atom. The van der Waals surface area contributed by atoms with E-state index < -0.39 is 0 Å². The summed E-state index contributed by atoms with van der Waals surface area (Å²) < 4.78 is 11.2. The van der Waals surface area contributed by atoms with Gasteiger partial charge in [0, 0.05) is 19.3 Å². The Morgan fingerprint density at radius 1 is 1.33 bits per heavy atom. The van der Waals surface area contributed by atoms with E-state index in [1.54, 1.807) is 0 Å². The third kappa shape index (κ3) is 9.37. The first-order valence-electron chi connectivity index (χ1n) is 10.3. The largest absolute Gasteiger partial charge is 0.462 e. The van der Waals surface area contributed by atoms with Crippen molar-refractivity contribution in [1.29, 1.82) is 0 Å². The van der Waals surface area contributed by atoms with Crippen LogP contribution in [0.2, 0.25) is 0 Å². The van der Waals surface area contributed by atoms with Crippen LogP contribution < -0.4 is 0 Å². The van der Waals surface area contributed by atoms with Crippen molar-refractivity contribution in [3.8, 4) is 0 Å². The highest BCUT2D eigenvalue weighted by Crippen LogP contribution is 2.31. The van der Waals surface area contributed by atoms with E-state index in [-0.39, 0.29) is 17.5 Å². The van der Waals surface area contributed by atoms with Crippen LogP contribution in [0.1, 0.15) is 79.6 Å². The average molecular weight is 379 g/mol. The lowest BCUT2D eigenvalue weighted by Gasteiger charge is -2.28. The summed E-state index contributed by atoms with van der Waals surface area (Å²) in [6, 6.07) is 0. The van der Waals surface area contributed by atoms with Crippen molar-refractivity contribution in [3.63, 3.8) is 0 Å². The molecule has 27 heavy (non-hydrogen) atoms. The molecule has 0 amide bonds. The van der Waals surface area contributed by atoms with Crippen LogP contribution in [-0.4, -0.2) is 30.6 Å². The predicted molar refractivity (Wildman–Crippen MR) is 110 cm³/mol. The highest BCUT2D eigenvalue weighted by Gasteiger charge is 2.28. The van der Waals surface area contributed by atoms with Crippen molar-refractivity contribution < 1.29 is 19.1 Å². The number of esters is 1. The molecule has 1 fully saturated rings. The molecule has 0 bridgehead atoms. The number of Topliss-reactive ketones (excluding diaryl/α,β-unsaturated/α-hetero) is 1. The molecule has 0 aromatic rings. The molecule has 0 saturated carbocycles. The van der Waals surface area contributed by atoms with Crippen molar-refractivity contribution in [2.24, 2.45) is 11.8 Å². The summed E-state index contributed by atoms with van der Waals surface area (Å²) >= 11 is 0. The SMILES string of the molecule is C=C(CC(=O)C(C)CCCC1(C)CCC/C(=C\COC(C)=O)CO1)C(C)C. The zero-order chi connectivity index (χ0) is 20.4. The molecule has 2 atom stereocenters. The molecular formula is C23H38O4. The van der Waals surface area contributed by atoms with E-state index in [1.807, 2.05) is 13.0 Å². The molecule has 2 unspecified atom stereocenters. The number of carbonyl (C=O) groups excluding carboxylic acids is 2. The van der Waals surface area contributed by atoms with Crippen LogP contribution >= 0.6 is 0 Å². The minimum atomic E-state index is -0.258. The second-order valence-electron chi connectivity index (χ2n) is 8.51. The van der Waals surface area contributed by atoms with Crippen LogP contribution in [-0.2, 0) is 19.1 Å². The number of hydrogen-bond acceptors (Lipinski definition) is 4. The quantitative estimate of drug-likeness (QED) is 0.376. The summed E-state index contributed by atoms with van der Waals surface area (Å²) in [5, 5.41) is 0. The Hall–Kier alpha value is -1.42. The molecule has 0 radical (unpaired) electrons. The Morgan fingerprint density at radius 2 is 2.04 bits per heavy atom. The highest BCUT2D eigenvalue weighted by molar-refractivity contribution is 5.82. The standard InChI is InChI=1S/C23H38O4/c1-17(2)19(4)15-22(25)18(3)9-7-12-23(6)13-8-10-21(16-27-23)11-14-26-20(5)24/h11,17-18H,4,7-10,12-16H2,1-3,5-6H3/b21-11+. The van der Waals surface area contributed by atoms with Gasteiger partial charge in [0.15, 0.2) is 0 Å². The topological polar surface area (TPSA) is 52.6 Å². The van der Waals surface area contributed by atoms with E-state index in [0.717, 1.165) is 44.1 Å². The maximum atomic E-state index is 12.3. The summed E-state index contributed by atoms with van der Waals surface area (Å²) in [6.07, 6.45) is 8.41. The number of hydrogen-bond donors (Lipinski definition) is 0. The molecule has 0 aliphatic carbocycles. The van der Waals surface area contributed by atoms with Gasteiger partial charge in [-0.1, -0.05) is 32.9 Å². The maximum absolute atomic E-state index is 12.3. The molecule has 154 valence electrons. The van der Waals surface area contributed by atoms with Gasteiger partial charge in [-0.2, -0.15) is 0 Å². The molecule has 4 nitrogen and oxygen atoms in total. The smallest absolute Gasteiger partial charge is 0.302 e. The van der Waals surface area contributed by atoms with Gasteiger partial charge < -0.3 is 9.47 Å². The van der Waals surface area contributed by atoms with E-state index >= 15 is 0 Å². The van der Waals surface area contributed by atoms with Crippen LogP contribution in [0.5, 0.6) is 0 Å². The fraction of sp³-hybridized carbons (Fsp3) is 0.739. The van der Waals surface area contributed by atoms with Gasteiger partial charge in [0.25, 0.3) is 0 Å². The van der Waals surface area contributed by atoms with Crippen molar-refractivity contribution in [2.75, 3.05) is 13.2 Å². The van der Waals surface area contributed by atoms with Crippen LogP contribution in [0.25, 0.3) is 0 Å². The lowest BCUT2D eigenvalue weighted by Crippen LogP contribution is -2.28. The van der Waals surface area contributed by atoms with E-state index in [4.69, 9.17) is 9.47 Å². The summed E-state index contributed by atoms with van der Waals surface area (Å²) in [4.78, 5) is 23.2. The fourth-order valence-corrected chi connectivity index (χ4v) is 3.28. The number of carbonyl (C=O) groups is 2. The molecule has 0 spiro atoms. The molecule has 0 aromatic carbocycles. The minimum Gasteiger partial charge on any atom is -0.462 e. The zero-order valence-corrected chi connectivity index (χ0v) is 17.9. The molecule has 0 aromatic heterocycles. The van der Waals surface area contributed by atoms with Crippen molar-refractivity contribution in [1.82, 2.24) is 0 Å². The molecule has 1 heterocycles. The maximum Gasteiger partial charge on any atom is 0.302 e. The second-order valence-corrected chi connectivity index (χ2v) is 8.51. The average Bonchev–Trinajstić information content (AvgIpc) is 2.76. The number of ether oxygens (including phenoxy) is 2. The highest BCUT2D eigenvalue weighted by atomic mass is 16.5. The monoisotopic (exact) mass is 378 g/mol. The van der Waals surface area contributed by atoms with Crippen LogP contribution in [0.4, 0.5) is 0 Å². The third-order valence-corrected chi connectivity index (χ3v) is 5.58. The molecule has 1 aliphatic rings. The molecule has 1 saturated heterocycles. The lowest BCUT2D eigenvalue weighted by molar-refractivity contribution is -0.139.